The zero-order valence-electron chi connectivity index (χ0n) is 14.5. The first-order valence-corrected chi connectivity index (χ1v) is 8.03. The summed E-state index contributed by atoms with van der Waals surface area (Å²) in [6, 6.07) is 10.1. The number of rotatable bonds is 7. The highest BCUT2D eigenvalue weighted by Gasteiger charge is 2.18. The standard InChI is InChI=1S/C18H19N7O/c1-11(2)7-14(17(21)26)24-16-10-22-15(9-20)18(25-16)23-13-5-3-12(8-19)4-6-13/h3-6,10-11,14H,7H2,1-2H3,(H2,21,26)(H2,23,24,25)/t14-/m1/s1. The maximum Gasteiger partial charge on any atom is 0.239 e. The van der Waals surface area contributed by atoms with Gasteiger partial charge >= 0.3 is 0 Å². The Bertz CT molecular complexity index is 863. The number of anilines is 3. The topological polar surface area (TPSA) is 141 Å². The second kappa shape index (κ2) is 8.45. The second-order valence-electron chi connectivity index (χ2n) is 6.11. The van der Waals surface area contributed by atoms with Gasteiger partial charge in [-0.05, 0) is 36.6 Å². The molecule has 1 aromatic carbocycles. The van der Waals surface area contributed by atoms with Gasteiger partial charge in [-0.1, -0.05) is 13.8 Å². The Morgan fingerprint density at radius 3 is 2.46 bits per heavy atom. The van der Waals surface area contributed by atoms with Crippen molar-refractivity contribution < 1.29 is 4.79 Å². The smallest absolute Gasteiger partial charge is 0.239 e. The first-order valence-electron chi connectivity index (χ1n) is 8.03. The van der Waals surface area contributed by atoms with Gasteiger partial charge in [0.05, 0.1) is 17.8 Å². The number of hydrogen-bond acceptors (Lipinski definition) is 7. The van der Waals surface area contributed by atoms with Crippen LogP contribution in [0.4, 0.5) is 17.3 Å². The molecule has 1 amide bonds. The van der Waals surface area contributed by atoms with Gasteiger partial charge in [-0.25, -0.2) is 9.97 Å². The molecular weight excluding hydrogens is 330 g/mol. The average molecular weight is 349 g/mol. The van der Waals surface area contributed by atoms with E-state index >= 15 is 0 Å². The van der Waals surface area contributed by atoms with Crippen LogP contribution in [0.3, 0.4) is 0 Å². The lowest BCUT2D eigenvalue weighted by atomic mass is 10.0. The van der Waals surface area contributed by atoms with Gasteiger partial charge in [-0.15, -0.1) is 0 Å². The lowest BCUT2D eigenvalue weighted by Gasteiger charge is -2.18. The van der Waals surface area contributed by atoms with E-state index in [9.17, 15) is 10.1 Å². The summed E-state index contributed by atoms with van der Waals surface area (Å²) in [5, 5.41) is 24.0. The third-order valence-electron chi connectivity index (χ3n) is 3.53. The van der Waals surface area contributed by atoms with E-state index in [-0.39, 0.29) is 17.4 Å². The van der Waals surface area contributed by atoms with Crippen LogP contribution in [0.25, 0.3) is 0 Å². The molecule has 2 aromatic rings. The van der Waals surface area contributed by atoms with Crippen molar-refractivity contribution in [1.29, 1.82) is 10.5 Å². The van der Waals surface area contributed by atoms with E-state index in [1.54, 1.807) is 24.3 Å². The van der Waals surface area contributed by atoms with Crippen LogP contribution in [0, 0.1) is 28.6 Å². The molecule has 0 fully saturated rings. The van der Waals surface area contributed by atoms with Crippen LogP contribution < -0.4 is 16.4 Å². The molecule has 2 rings (SSSR count). The lowest BCUT2D eigenvalue weighted by Crippen LogP contribution is -2.36. The van der Waals surface area contributed by atoms with Crippen LogP contribution in [0.5, 0.6) is 0 Å². The van der Waals surface area contributed by atoms with Crippen molar-refractivity contribution in [2.45, 2.75) is 26.3 Å². The lowest BCUT2D eigenvalue weighted by molar-refractivity contribution is -0.119. The molecule has 0 unspecified atom stereocenters. The normalized spacial score (nSPS) is 11.3. The van der Waals surface area contributed by atoms with Gasteiger partial charge in [0.25, 0.3) is 0 Å². The molecule has 0 saturated carbocycles. The van der Waals surface area contributed by atoms with E-state index in [0.717, 1.165) is 0 Å². The summed E-state index contributed by atoms with van der Waals surface area (Å²) in [4.78, 5) is 20.0. The number of carbonyl (C=O) groups is 1. The van der Waals surface area contributed by atoms with E-state index in [1.807, 2.05) is 26.0 Å². The Morgan fingerprint density at radius 2 is 1.92 bits per heavy atom. The zero-order valence-corrected chi connectivity index (χ0v) is 14.5. The molecule has 0 aliphatic heterocycles. The van der Waals surface area contributed by atoms with Crippen LogP contribution in [0.1, 0.15) is 31.5 Å². The minimum atomic E-state index is -0.583. The minimum absolute atomic E-state index is 0.111. The van der Waals surface area contributed by atoms with Crippen LogP contribution in [0.15, 0.2) is 30.5 Å². The van der Waals surface area contributed by atoms with Crippen molar-refractivity contribution in [2.24, 2.45) is 11.7 Å². The number of amides is 1. The van der Waals surface area contributed by atoms with E-state index in [4.69, 9.17) is 11.0 Å². The largest absolute Gasteiger partial charge is 0.368 e. The molecule has 0 saturated heterocycles. The van der Waals surface area contributed by atoms with Gasteiger partial charge in [-0.2, -0.15) is 10.5 Å². The fraction of sp³-hybridized carbons (Fsp3) is 0.278. The number of nitrogens with one attached hydrogen (secondary N) is 2. The molecule has 0 radical (unpaired) electrons. The molecule has 4 N–H and O–H groups in total. The first kappa shape index (κ1) is 18.7. The van der Waals surface area contributed by atoms with Crippen molar-refractivity contribution in [3.63, 3.8) is 0 Å². The Hall–Kier alpha value is -3.65. The fourth-order valence-corrected chi connectivity index (χ4v) is 2.29. The molecular formula is C18H19N7O. The molecule has 26 heavy (non-hydrogen) atoms. The van der Waals surface area contributed by atoms with E-state index in [0.29, 0.717) is 23.5 Å². The molecule has 8 nitrogen and oxygen atoms in total. The van der Waals surface area contributed by atoms with E-state index in [2.05, 4.69) is 20.6 Å². The van der Waals surface area contributed by atoms with Crippen molar-refractivity contribution >= 4 is 23.2 Å². The number of primary amides is 1. The Balaban J connectivity index is 2.25. The summed E-state index contributed by atoms with van der Waals surface area (Å²) in [5.41, 5.74) is 6.72. The van der Waals surface area contributed by atoms with Crippen molar-refractivity contribution in [2.75, 3.05) is 10.6 Å². The number of aromatic nitrogens is 2. The number of nitrogens with zero attached hydrogens (tertiary/aromatic N) is 4. The maximum absolute atomic E-state index is 11.6. The quantitative estimate of drug-likeness (QED) is 0.696. The number of nitrogens with two attached hydrogens (primary N) is 1. The molecule has 1 heterocycles. The second-order valence-corrected chi connectivity index (χ2v) is 6.11. The van der Waals surface area contributed by atoms with Crippen LogP contribution in [-0.4, -0.2) is 21.9 Å². The summed E-state index contributed by atoms with van der Waals surface area (Å²) in [5.74, 6) is 0.369. The molecule has 0 bridgehead atoms. The third-order valence-corrected chi connectivity index (χ3v) is 3.53. The third kappa shape index (κ3) is 4.92. The van der Waals surface area contributed by atoms with Crippen LogP contribution >= 0.6 is 0 Å². The highest BCUT2D eigenvalue weighted by Crippen LogP contribution is 2.20. The molecule has 0 aliphatic carbocycles. The van der Waals surface area contributed by atoms with Crippen molar-refractivity contribution in [3.8, 4) is 12.1 Å². The Labute approximate surface area is 151 Å². The van der Waals surface area contributed by atoms with Gasteiger partial charge < -0.3 is 16.4 Å². The number of carbonyl (C=O) groups excluding carboxylic acids is 1. The van der Waals surface area contributed by atoms with Gasteiger partial charge in [0.1, 0.15) is 17.9 Å². The molecule has 8 heteroatoms. The fourth-order valence-electron chi connectivity index (χ4n) is 2.29. The van der Waals surface area contributed by atoms with Crippen LogP contribution in [0.2, 0.25) is 0 Å². The van der Waals surface area contributed by atoms with E-state index in [1.165, 1.54) is 6.20 Å². The monoisotopic (exact) mass is 349 g/mol. The molecule has 1 aromatic heterocycles. The summed E-state index contributed by atoms with van der Waals surface area (Å²) >= 11 is 0. The zero-order chi connectivity index (χ0) is 19.1. The molecule has 0 aliphatic rings. The van der Waals surface area contributed by atoms with Gasteiger partial charge in [0.15, 0.2) is 11.5 Å². The summed E-state index contributed by atoms with van der Waals surface area (Å²) in [7, 11) is 0. The first-order chi connectivity index (χ1) is 12.4. The molecule has 132 valence electrons. The summed E-state index contributed by atoms with van der Waals surface area (Å²) in [6.07, 6.45) is 1.94. The Morgan fingerprint density at radius 1 is 1.23 bits per heavy atom. The SMILES string of the molecule is CC(C)C[C@@H](Nc1cnc(C#N)c(Nc2ccc(C#N)cc2)n1)C(N)=O. The van der Waals surface area contributed by atoms with Crippen molar-refractivity contribution in [1.82, 2.24) is 9.97 Å². The molecule has 0 spiro atoms. The predicted octanol–water partition coefficient (Wildman–Crippen LogP) is 2.28. The van der Waals surface area contributed by atoms with Gasteiger partial charge in [0, 0.05) is 5.69 Å². The van der Waals surface area contributed by atoms with Gasteiger partial charge in [-0.3, -0.25) is 4.79 Å². The van der Waals surface area contributed by atoms with Crippen LogP contribution in [-0.2, 0) is 4.79 Å². The number of nitriles is 2. The predicted molar refractivity (Wildman–Crippen MR) is 97.2 cm³/mol. The van der Waals surface area contributed by atoms with Gasteiger partial charge in [0.2, 0.25) is 5.91 Å². The summed E-state index contributed by atoms with van der Waals surface area (Å²) in [6.45, 7) is 3.97. The number of hydrogen-bond donors (Lipinski definition) is 3. The highest BCUT2D eigenvalue weighted by molar-refractivity contribution is 5.82. The Kier molecular flexibility index (Phi) is 6.07. The highest BCUT2D eigenvalue weighted by atomic mass is 16.1. The molecule has 1 atom stereocenters. The summed E-state index contributed by atoms with van der Waals surface area (Å²) < 4.78 is 0. The maximum atomic E-state index is 11.6. The van der Waals surface area contributed by atoms with Crippen molar-refractivity contribution in [3.05, 3.63) is 41.7 Å². The average Bonchev–Trinajstić information content (AvgIpc) is 2.61. The number of benzene rings is 1. The van der Waals surface area contributed by atoms with E-state index < -0.39 is 11.9 Å². The minimum Gasteiger partial charge on any atom is -0.368 e.